The first-order valence-corrected chi connectivity index (χ1v) is 30.7. The third kappa shape index (κ3) is 8.30. The van der Waals surface area contributed by atoms with Gasteiger partial charge < -0.3 is 0 Å². The predicted octanol–water partition coefficient (Wildman–Crippen LogP) is 15.7. The first-order valence-electron chi connectivity index (χ1n) is 18.5. The van der Waals surface area contributed by atoms with E-state index in [0.29, 0.717) is 25.8 Å². The van der Waals surface area contributed by atoms with Crippen molar-refractivity contribution in [2.45, 2.75) is 88.2 Å². The molecule has 0 bridgehead atoms. The van der Waals surface area contributed by atoms with Crippen molar-refractivity contribution in [2.75, 3.05) is 0 Å². The van der Waals surface area contributed by atoms with Crippen LogP contribution in [-0.2, 0) is 42.1 Å². The smallest absolute Gasteiger partial charge is 0.147 e. The van der Waals surface area contributed by atoms with E-state index in [1.807, 2.05) is 46.7 Å². The second-order valence-electron chi connectivity index (χ2n) is 15.8. The Balaban J connectivity index is 0.00000384. The number of aryl methyl sites for hydroxylation is 2. The summed E-state index contributed by atoms with van der Waals surface area (Å²) >= 11 is -4.68. The van der Waals surface area contributed by atoms with Crippen molar-refractivity contribution in [3.63, 3.8) is 0 Å². The standard InChI is InChI=1S/C20H15F6.C19H13F6.2C2H5.2ClH.H2Si.Zr/c1-3-12-6-17-11(2)4-5-16(18(17)7-12)13-8-14(19(21,22)23)10-15(9-13)20(24,25)26;1-10-5-16-11(2)3-4-15(17(16)6-10)12-7-13(18(20,21)22)9-14(8-12)19(23,24)25;2*1-2;;;;/h4-10H,3H2,1-2H3;3-9H,1-2H3;2*1H2,2H3;2*1H;1H2;. The molecule has 0 aliphatic heterocycles. The van der Waals surface area contributed by atoms with Gasteiger partial charge in [0.25, 0.3) is 0 Å². The number of allylic oxidation sites excluding steroid dienone is 2. The normalized spacial score (nSPS) is 17.1. The van der Waals surface area contributed by atoms with Gasteiger partial charge in [0.05, 0.1) is 0 Å². The molecule has 0 heterocycles. The molecule has 0 spiro atoms. The van der Waals surface area contributed by atoms with Crippen LogP contribution in [0.5, 0.6) is 0 Å². The fraction of sp³-hybridized carbons (Fsp3) is 0.349. The van der Waals surface area contributed by atoms with E-state index in [1.54, 1.807) is 24.3 Å². The molecule has 4 aromatic rings. The SMILES string of the molecule is CCC1=Cc2c(-c3cc(C(F)(F)F)cc(C(F)(F)F)c3)ccc(C)c2[CH]1[Zr](=[SiH2])([CH2]C)([CH2]C)[CH]1C(C)=Cc2c(-c3cc(C(F)(F)F)cc(C(F)(F)F)c3)ccc(C)c21.Cl.Cl. The summed E-state index contributed by atoms with van der Waals surface area (Å²) in [6.45, 7) is 13.8. The zero-order valence-electron chi connectivity index (χ0n) is 32.8. The Bertz CT molecular complexity index is 2360. The summed E-state index contributed by atoms with van der Waals surface area (Å²) in [6, 6.07) is 9.76. The van der Waals surface area contributed by atoms with Gasteiger partial charge in [-0.05, 0) is 0 Å². The van der Waals surface area contributed by atoms with Crippen molar-refractivity contribution in [3.05, 3.63) is 127 Å². The Kier molecular flexibility index (Phi) is 13.4. The maximum Gasteiger partial charge on any atom is -0.147 e. The number of hydrogen-bond donors (Lipinski definition) is 0. The van der Waals surface area contributed by atoms with Gasteiger partial charge in [0, 0.05) is 0 Å². The van der Waals surface area contributed by atoms with Gasteiger partial charge in [-0.15, -0.1) is 24.8 Å². The van der Waals surface area contributed by atoms with Crippen molar-refractivity contribution < 1.29 is 70.1 Å². The van der Waals surface area contributed by atoms with Gasteiger partial charge in [-0.2, -0.15) is 0 Å². The predicted molar refractivity (Wildman–Crippen MR) is 215 cm³/mol. The van der Waals surface area contributed by atoms with E-state index >= 15 is 0 Å². The number of fused-ring (bicyclic) bond motifs is 2. The molecule has 2 unspecified atom stereocenters. The molecular weight excluding hydrogens is 935 g/mol. The third-order valence-electron chi connectivity index (χ3n) is 12.7. The first-order chi connectivity index (χ1) is 26.2. The van der Waals surface area contributed by atoms with E-state index < -0.39 is 64.4 Å². The van der Waals surface area contributed by atoms with Crippen LogP contribution < -0.4 is 0 Å². The van der Waals surface area contributed by atoms with Crippen LogP contribution in [-0.4, -0.2) is 6.88 Å². The molecule has 2 aliphatic carbocycles. The number of halogens is 14. The van der Waals surface area contributed by atoms with Crippen molar-refractivity contribution in [1.29, 1.82) is 0 Å². The number of alkyl halides is 12. The van der Waals surface area contributed by atoms with Crippen molar-refractivity contribution >= 4 is 43.8 Å². The van der Waals surface area contributed by atoms with Crippen molar-refractivity contribution in [1.82, 2.24) is 0 Å². The summed E-state index contributed by atoms with van der Waals surface area (Å²) < 4.78 is 169. The van der Waals surface area contributed by atoms with Crippen LogP contribution in [0.3, 0.4) is 0 Å². The van der Waals surface area contributed by atoms with Crippen LogP contribution in [0.1, 0.15) is 97.0 Å². The summed E-state index contributed by atoms with van der Waals surface area (Å²) in [5, 5.41) is 0. The minimum Gasteiger partial charge on any atom is -0.147 e. The summed E-state index contributed by atoms with van der Waals surface area (Å²) in [4.78, 5) is 0. The summed E-state index contributed by atoms with van der Waals surface area (Å²) in [5.41, 5.74) is 0.702. The fourth-order valence-electron chi connectivity index (χ4n) is 9.72. The van der Waals surface area contributed by atoms with Crippen LogP contribution in [0.15, 0.2) is 71.8 Å². The van der Waals surface area contributed by atoms with Crippen molar-refractivity contribution in [2.24, 2.45) is 0 Å². The zero-order chi connectivity index (χ0) is 42.4. The molecule has 2 atom stereocenters. The molecule has 320 valence electrons. The minimum atomic E-state index is -5.04. The largest absolute Gasteiger partial charge is 0.147 e. The average Bonchev–Trinajstić information content (AvgIpc) is 3.70. The summed E-state index contributed by atoms with van der Waals surface area (Å²) in [7, 11) is 0. The molecule has 4 aromatic carbocycles. The maximum atomic E-state index is 14.0. The average molecular weight is 977 g/mol. The molecule has 0 N–H and O–H groups in total. The fourth-order valence-corrected chi connectivity index (χ4v) is 33.8. The molecule has 0 aromatic heterocycles. The Hall–Kier alpha value is -2.80. The Morgan fingerprint density at radius 2 is 0.847 bits per heavy atom. The van der Waals surface area contributed by atoms with Crippen molar-refractivity contribution in [3.8, 4) is 22.3 Å². The van der Waals surface area contributed by atoms with Crippen LogP contribution in [0.2, 0.25) is 8.26 Å². The summed E-state index contributed by atoms with van der Waals surface area (Å²) in [5.74, 6) is 0. The van der Waals surface area contributed by atoms with Gasteiger partial charge in [0.15, 0.2) is 0 Å². The Morgan fingerprint density at radius 1 is 0.508 bits per heavy atom. The minimum absolute atomic E-state index is 0. The van der Waals surface area contributed by atoms with E-state index in [4.69, 9.17) is 0 Å². The van der Waals surface area contributed by atoms with E-state index in [2.05, 4.69) is 13.8 Å². The molecule has 2 aliphatic rings. The molecule has 0 amide bonds. The van der Waals surface area contributed by atoms with Gasteiger partial charge in [0.2, 0.25) is 0 Å². The third-order valence-corrected chi connectivity index (χ3v) is 43.5. The zero-order valence-corrected chi connectivity index (χ0v) is 38.3. The summed E-state index contributed by atoms with van der Waals surface area (Å²) in [6.07, 6.45) is -15.8. The van der Waals surface area contributed by atoms with Crippen LogP contribution in [0, 0.1) is 13.8 Å². The maximum absolute atomic E-state index is 14.0. The van der Waals surface area contributed by atoms with E-state index in [-0.39, 0.29) is 66.5 Å². The molecule has 0 saturated carbocycles. The van der Waals surface area contributed by atoms with Gasteiger partial charge >= 0.3 is 327 Å². The number of hydrogen-bond acceptors (Lipinski definition) is 0. The number of benzene rings is 4. The quantitative estimate of drug-likeness (QED) is 0.128. The van der Waals surface area contributed by atoms with Crippen LogP contribution in [0.4, 0.5) is 52.7 Å². The molecule has 16 heteroatoms. The Morgan fingerprint density at radius 3 is 1.17 bits per heavy atom. The topological polar surface area (TPSA) is 0 Å². The molecule has 6 rings (SSSR count). The molecule has 0 saturated heterocycles. The van der Waals surface area contributed by atoms with Crippen LogP contribution >= 0.6 is 24.8 Å². The van der Waals surface area contributed by atoms with E-state index in [9.17, 15) is 52.7 Å². The second kappa shape index (κ2) is 16.2. The molecule has 0 radical (unpaired) electrons. The monoisotopic (exact) mass is 974 g/mol. The van der Waals surface area contributed by atoms with Gasteiger partial charge in [-0.1, -0.05) is 0 Å². The molecule has 59 heavy (non-hydrogen) atoms. The Labute approximate surface area is 349 Å². The molecule has 0 fully saturated rings. The van der Waals surface area contributed by atoms with Gasteiger partial charge in [-0.3, -0.25) is 0 Å². The van der Waals surface area contributed by atoms with Crippen LogP contribution in [0.25, 0.3) is 34.4 Å². The second-order valence-corrected chi connectivity index (χ2v) is 43.4. The van der Waals surface area contributed by atoms with E-state index in [1.165, 1.54) is 0 Å². The first kappa shape index (κ1) is 48.9. The molecular formula is C43H42Cl2F12SiZr. The van der Waals surface area contributed by atoms with Gasteiger partial charge in [0.1, 0.15) is 0 Å². The molecule has 0 nitrogen and oxygen atoms in total. The van der Waals surface area contributed by atoms with Gasteiger partial charge in [-0.25, -0.2) is 0 Å². The van der Waals surface area contributed by atoms with E-state index in [0.717, 1.165) is 57.7 Å². The number of rotatable bonds is 7.